The van der Waals surface area contributed by atoms with E-state index >= 15 is 0 Å². The Balaban J connectivity index is 1.25. The van der Waals surface area contributed by atoms with Gasteiger partial charge in [0, 0.05) is 31.6 Å². The number of nitrogens with one attached hydrogen (secondary N) is 2. The van der Waals surface area contributed by atoms with Crippen LogP contribution in [0, 0.1) is 5.41 Å². The summed E-state index contributed by atoms with van der Waals surface area (Å²) in [7, 11) is 0.673. The van der Waals surface area contributed by atoms with Crippen LogP contribution in [0.3, 0.4) is 0 Å². The van der Waals surface area contributed by atoms with Gasteiger partial charge in [0.25, 0.3) is 0 Å². The van der Waals surface area contributed by atoms with Crippen LogP contribution in [-0.4, -0.2) is 78.9 Å². The SMILES string of the molecule is CNC(=O)[C@@H]1NCC[C@]12C[C@H]2N1CC(Oc2ccc3c(c2C(=O)O)OB(O)CC3)C1. The van der Waals surface area contributed by atoms with Crippen LogP contribution in [-0.2, 0) is 11.2 Å². The molecule has 1 saturated carbocycles. The van der Waals surface area contributed by atoms with E-state index in [0.717, 1.165) is 24.9 Å². The summed E-state index contributed by atoms with van der Waals surface area (Å²) in [6, 6.07) is 3.71. The predicted molar refractivity (Wildman–Crippen MR) is 108 cm³/mol. The van der Waals surface area contributed by atoms with Gasteiger partial charge >= 0.3 is 13.1 Å². The molecule has 3 aliphatic heterocycles. The predicted octanol–water partition coefficient (Wildman–Crippen LogP) is -0.270. The number of carboxylic acids is 1. The van der Waals surface area contributed by atoms with E-state index in [1.807, 2.05) is 6.07 Å². The van der Waals surface area contributed by atoms with Gasteiger partial charge in [0.2, 0.25) is 5.91 Å². The summed E-state index contributed by atoms with van der Waals surface area (Å²) in [5.41, 5.74) is 0.758. The Kier molecular flexibility index (Phi) is 4.68. The lowest BCUT2D eigenvalue weighted by Crippen LogP contribution is -2.57. The van der Waals surface area contributed by atoms with Crippen molar-refractivity contribution < 1.29 is 29.1 Å². The van der Waals surface area contributed by atoms with E-state index in [4.69, 9.17) is 9.39 Å². The molecule has 9 nitrogen and oxygen atoms in total. The number of likely N-dealkylation sites (tertiary alicyclic amines) is 1. The van der Waals surface area contributed by atoms with Gasteiger partial charge in [-0.1, -0.05) is 6.07 Å². The third kappa shape index (κ3) is 3.05. The average molecular weight is 415 g/mol. The summed E-state index contributed by atoms with van der Waals surface area (Å²) in [5.74, 6) is -0.595. The van der Waals surface area contributed by atoms with E-state index in [2.05, 4.69) is 15.5 Å². The lowest BCUT2D eigenvalue weighted by atomic mass is 9.78. The molecule has 3 heterocycles. The molecule has 3 atom stereocenters. The van der Waals surface area contributed by atoms with Crippen molar-refractivity contribution in [3.63, 3.8) is 0 Å². The average Bonchev–Trinajstić information content (AvgIpc) is 3.22. The number of rotatable bonds is 5. The van der Waals surface area contributed by atoms with Gasteiger partial charge in [-0.15, -0.1) is 0 Å². The number of likely N-dealkylation sites (N-methyl/N-ethyl adjacent to an activating group) is 1. The highest BCUT2D eigenvalue weighted by molar-refractivity contribution is 6.44. The van der Waals surface area contributed by atoms with Crippen LogP contribution < -0.4 is 20.0 Å². The Morgan fingerprint density at radius 1 is 1.40 bits per heavy atom. The van der Waals surface area contributed by atoms with Crippen LogP contribution in [0.1, 0.15) is 28.8 Å². The molecule has 2 saturated heterocycles. The number of fused-ring (bicyclic) bond motifs is 1. The van der Waals surface area contributed by atoms with Gasteiger partial charge in [-0.3, -0.25) is 9.69 Å². The van der Waals surface area contributed by atoms with Crippen molar-refractivity contribution >= 4 is 19.0 Å². The zero-order valence-electron chi connectivity index (χ0n) is 16.9. The zero-order valence-corrected chi connectivity index (χ0v) is 16.9. The lowest BCUT2D eigenvalue weighted by Gasteiger charge is -2.41. The van der Waals surface area contributed by atoms with Gasteiger partial charge in [-0.25, -0.2) is 4.79 Å². The monoisotopic (exact) mass is 415 g/mol. The number of ether oxygens (including phenoxy) is 1. The normalized spacial score (nSPS) is 30.4. The van der Waals surface area contributed by atoms with Gasteiger partial charge in [-0.05, 0) is 43.8 Å². The third-order valence-electron chi connectivity index (χ3n) is 7.04. The summed E-state index contributed by atoms with van der Waals surface area (Å²) in [6.45, 7) is 2.25. The lowest BCUT2D eigenvalue weighted by molar-refractivity contribution is -0.123. The molecular formula is C20H26BN3O6. The third-order valence-corrected chi connectivity index (χ3v) is 7.04. The first-order chi connectivity index (χ1) is 14.4. The van der Waals surface area contributed by atoms with Crippen molar-refractivity contribution in [2.45, 2.75) is 43.8 Å². The van der Waals surface area contributed by atoms with Gasteiger partial charge in [0.05, 0.1) is 6.04 Å². The standard InChI is InChI=1S/C20H26BN3O6/c1-22-18(25)17-20(5-7-23-17)8-14(20)24-9-12(10-24)29-13-3-2-11-4-6-21(28)30-16(11)15(13)19(26)27/h2-3,12,14,17,23,28H,4-10H2,1H3,(H,22,25)(H,26,27)/t14-,17+,20-/m1/s1. The maximum Gasteiger partial charge on any atom is 0.522 e. The first kappa shape index (κ1) is 19.7. The van der Waals surface area contributed by atoms with Crippen LogP contribution in [0.2, 0.25) is 6.32 Å². The first-order valence-electron chi connectivity index (χ1n) is 10.5. The molecular weight excluding hydrogens is 389 g/mol. The Bertz CT molecular complexity index is 892. The number of hydrogen-bond donors (Lipinski definition) is 4. The van der Waals surface area contributed by atoms with Gasteiger partial charge in [-0.2, -0.15) is 0 Å². The van der Waals surface area contributed by atoms with E-state index in [9.17, 15) is 19.7 Å². The summed E-state index contributed by atoms with van der Waals surface area (Å²) in [6.07, 6.45) is 2.89. The van der Waals surface area contributed by atoms with Crippen LogP contribution in [0.5, 0.6) is 11.5 Å². The van der Waals surface area contributed by atoms with E-state index in [0.29, 0.717) is 31.9 Å². The summed E-state index contributed by atoms with van der Waals surface area (Å²) >= 11 is 0. The summed E-state index contributed by atoms with van der Waals surface area (Å²) in [5, 5.41) is 25.6. The number of hydrogen-bond acceptors (Lipinski definition) is 7. The second kappa shape index (κ2) is 7.14. The smallest absolute Gasteiger partial charge is 0.522 e. The second-order valence-corrected chi connectivity index (χ2v) is 8.74. The molecule has 1 aromatic carbocycles. The van der Waals surface area contributed by atoms with Crippen LogP contribution in [0.25, 0.3) is 0 Å². The van der Waals surface area contributed by atoms with Crippen molar-refractivity contribution in [3.05, 3.63) is 23.3 Å². The maximum absolute atomic E-state index is 12.2. The van der Waals surface area contributed by atoms with Crippen molar-refractivity contribution in [2.75, 3.05) is 26.7 Å². The largest absolute Gasteiger partial charge is 0.535 e. The molecule has 1 aromatic rings. The molecule has 4 N–H and O–H groups in total. The molecule has 4 aliphatic rings. The van der Waals surface area contributed by atoms with Crippen LogP contribution in [0.15, 0.2) is 12.1 Å². The number of aromatic carboxylic acids is 1. The first-order valence-corrected chi connectivity index (χ1v) is 10.5. The molecule has 10 heteroatoms. The van der Waals surface area contributed by atoms with E-state index in [-0.39, 0.29) is 40.5 Å². The highest BCUT2D eigenvalue weighted by atomic mass is 16.5. The molecule has 1 spiro atoms. The molecule has 1 aliphatic carbocycles. The molecule has 160 valence electrons. The topological polar surface area (TPSA) is 120 Å². The number of amides is 1. The van der Waals surface area contributed by atoms with Crippen LogP contribution >= 0.6 is 0 Å². The van der Waals surface area contributed by atoms with Crippen molar-refractivity contribution in [1.82, 2.24) is 15.5 Å². The molecule has 3 fully saturated rings. The van der Waals surface area contributed by atoms with Crippen molar-refractivity contribution in [1.29, 1.82) is 0 Å². The number of carbonyl (C=O) groups is 2. The quantitative estimate of drug-likeness (QED) is 0.486. The fourth-order valence-electron chi connectivity index (χ4n) is 5.36. The summed E-state index contributed by atoms with van der Waals surface area (Å²) in [4.78, 5) is 26.4. The molecule has 1 amide bonds. The van der Waals surface area contributed by atoms with Gasteiger partial charge in [0.1, 0.15) is 23.2 Å². The minimum Gasteiger partial charge on any atom is -0.535 e. The van der Waals surface area contributed by atoms with E-state index < -0.39 is 13.1 Å². The van der Waals surface area contributed by atoms with Gasteiger partial charge < -0.3 is 30.2 Å². The number of carboxylic acid groups (broad SMARTS) is 1. The highest BCUT2D eigenvalue weighted by Gasteiger charge is 2.66. The van der Waals surface area contributed by atoms with E-state index in [1.165, 1.54) is 0 Å². The molecule has 0 aromatic heterocycles. The maximum atomic E-state index is 12.2. The Morgan fingerprint density at radius 2 is 2.20 bits per heavy atom. The molecule has 0 bridgehead atoms. The summed E-state index contributed by atoms with van der Waals surface area (Å²) < 4.78 is 11.4. The minimum absolute atomic E-state index is 0.00703. The second-order valence-electron chi connectivity index (χ2n) is 8.74. The fraction of sp³-hybridized carbons (Fsp3) is 0.600. The number of aryl methyl sites for hydroxylation is 1. The van der Waals surface area contributed by atoms with Crippen molar-refractivity contribution in [3.8, 4) is 11.5 Å². The van der Waals surface area contributed by atoms with E-state index in [1.54, 1.807) is 13.1 Å². The van der Waals surface area contributed by atoms with Crippen LogP contribution in [0.4, 0.5) is 0 Å². The van der Waals surface area contributed by atoms with Gasteiger partial charge in [0.15, 0.2) is 0 Å². The zero-order chi connectivity index (χ0) is 21.0. The number of benzene rings is 1. The Labute approximate surface area is 174 Å². The van der Waals surface area contributed by atoms with Crippen molar-refractivity contribution in [2.24, 2.45) is 5.41 Å². The molecule has 0 radical (unpaired) electrons. The minimum atomic E-state index is -1.13. The number of carbonyl (C=O) groups excluding carboxylic acids is 1. The fourth-order valence-corrected chi connectivity index (χ4v) is 5.36. The highest BCUT2D eigenvalue weighted by Crippen LogP contribution is 2.58. The molecule has 0 unspecified atom stereocenters. The molecule has 30 heavy (non-hydrogen) atoms. The molecule has 5 rings (SSSR count). The Morgan fingerprint density at radius 3 is 2.93 bits per heavy atom. The Hall–Kier alpha value is -2.30. The number of nitrogens with zero attached hydrogens (tertiary/aromatic N) is 1.